The summed E-state index contributed by atoms with van der Waals surface area (Å²) in [6.07, 6.45) is 2.02. The first kappa shape index (κ1) is 13.4. The summed E-state index contributed by atoms with van der Waals surface area (Å²) >= 11 is 1.36. The van der Waals surface area contributed by atoms with Gasteiger partial charge in [-0.3, -0.25) is 0 Å². The Morgan fingerprint density at radius 2 is 2.22 bits per heavy atom. The van der Waals surface area contributed by atoms with E-state index in [9.17, 15) is 12.8 Å². The van der Waals surface area contributed by atoms with E-state index >= 15 is 0 Å². The largest absolute Gasteiger partial charge is 0.333 e. The van der Waals surface area contributed by atoms with Gasteiger partial charge in [0.25, 0.3) is 10.0 Å². The van der Waals surface area contributed by atoms with Crippen LogP contribution in [0, 0.1) is 5.82 Å². The Balaban J connectivity index is 2.27. The van der Waals surface area contributed by atoms with Crippen molar-refractivity contribution in [2.75, 3.05) is 11.1 Å². The molecule has 1 N–H and O–H groups in total. The zero-order valence-electron chi connectivity index (χ0n) is 9.81. The van der Waals surface area contributed by atoms with Gasteiger partial charge in [0.1, 0.15) is 10.7 Å². The Morgan fingerprint density at radius 1 is 1.44 bits per heavy atom. The zero-order chi connectivity index (χ0) is 13.2. The molecule has 2 rings (SSSR count). The minimum Gasteiger partial charge on any atom is -0.333 e. The highest BCUT2D eigenvalue weighted by atomic mass is 32.2. The number of anilines is 1. The van der Waals surface area contributed by atoms with Crippen LogP contribution >= 0.6 is 11.8 Å². The molecule has 0 bridgehead atoms. The lowest BCUT2D eigenvalue weighted by Gasteiger charge is -2.17. The van der Waals surface area contributed by atoms with E-state index in [0.717, 1.165) is 24.7 Å². The number of rotatable bonds is 3. The molecule has 18 heavy (non-hydrogen) atoms. The van der Waals surface area contributed by atoms with Crippen molar-refractivity contribution >= 4 is 32.6 Å². The quantitative estimate of drug-likeness (QED) is 0.869. The van der Waals surface area contributed by atoms with Crippen molar-refractivity contribution in [2.24, 2.45) is 4.40 Å². The van der Waals surface area contributed by atoms with Gasteiger partial charge in [-0.1, -0.05) is 25.1 Å². The van der Waals surface area contributed by atoms with Crippen LogP contribution in [0.1, 0.15) is 19.8 Å². The van der Waals surface area contributed by atoms with Crippen LogP contribution < -0.4 is 5.32 Å². The monoisotopic (exact) mass is 288 g/mol. The smallest absolute Gasteiger partial charge is 0.286 e. The molecular formula is C11H13FN2O2S2. The fraction of sp³-hybridized carbons (Fsp3) is 0.364. The van der Waals surface area contributed by atoms with Crippen molar-refractivity contribution < 1.29 is 12.8 Å². The average Bonchev–Trinajstić information content (AvgIpc) is 2.30. The van der Waals surface area contributed by atoms with Crippen LogP contribution in [0.3, 0.4) is 0 Å². The molecule has 0 amide bonds. The molecule has 0 radical (unpaired) electrons. The Hall–Kier alpha value is -1.08. The number of nitrogens with zero attached hydrogens (tertiary/aromatic N) is 1. The predicted molar refractivity (Wildman–Crippen MR) is 72.0 cm³/mol. The van der Waals surface area contributed by atoms with Gasteiger partial charge >= 0.3 is 0 Å². The molecule has 0 atom stereocenters. The van der Waals surface area contributed by atoms with Crippen molar-refractivity contribution in [3.63, 3.8) is 0 Å². The van der Waals surface area contributed by atoms with Crippen LogP contribution in [0.5, 0.6) is 0 Å². The third-order valence-electron chi connectivity index (χ3n) is 2.40. The summed E-state index contributed by atoms with van der Waals surface area (Å²) in [6, 6.07) is 3.62. The van der Waals surface area contributed by atoms with Crippen LogP contribution in [-0.4, -0.2) is 19.3 Å². The van der Waals surface area contributed by atoms with Gasteiger partial charge < -0.3 is 5.32 Å². The molecule has 0 saturated carbocycles. The van der Waals surface area contributed by atoms with E-state index in [-0.39, 0.29) is 4.90 Å². The number of benzene rings is 1. The van der Waals surface area contributed by atoms with Gasteiger partial charge in [0.15, 0.2) is 5.17 Å². The van der Waals surface area contributed by atoms with Crippen molar-refractivity contribution in [2.45, 2.75) is 24.7 Å². The molecule has 0 unspecified atom stereocenters. The zero-order valence-corrected chi connectivity index (χ0v) is 11.4. The van der Waals surface area contributed by atoms with E-state index in [0.29, 0.717) is 10.9 Å². The van der Waals surface area contributed by atoms with E-state index in [1.54, 1.807) is 0 Å². The summed E-state index contributed by atoms with van der Waals surface area (Å²) in [5.41, 5.74) is 0.380. The maximum Gasteiger partial charge on any atom is 0.286 e. The standard InChI is InChI=1S/C11H13FN2O2S2/c1-2-3-6-17-11-13-9-5-4-8(12)7-10(9)18(15,16)14-11/h4-5,7H,2-3,6H2,1H3,(H,13,14). The van der Waals surface area contributed by atoms with Gasteiger partial charge in [0, 0.05) is 5.75 Å². The van der Waals surface area contributed by atoms with Gasteiger partial charge in [-0.15, -0.1) is 4.40 Å². The summed E-state index contributed by atoms with van der Waals surface area (Å²) < 4.78 is 40.4. The van der Waals surface area contributed by atoms with Gasteiger partial charge in [-0.25, -0.2) is 4.39 Å². The highest BCUT2D eigenvalue weighted by Gasteiger charge is 2.25. The number of thioether (sulfide) groups is 1. The van der Waals surface area contributed by atoms with Crippen LogP contribution in [0.2, 0.25) is 0 Å². The second-order valence-electron chi connectivity index (χ2n) is 3.84. The van der Waals surface area contributed by atoms with Crippen molar-refractivity contribution in [3.8, 4) is 0 Å². The number of unbranched alkanes of at least 4 members (excludes halogenated alkanes) is 1. The highest BCUT2D eigenvalue weighted by molar-refractivity contribution is 8.14. The molecular weight excluding hydrogens is 275 g/mol. The molecule has 1 aliphatic heterocycles. The maximum absolute atomic E-state index is 13.0. The summed E-state index contributed by atoms with van der Waals surface area (Å²) in [6.45, 7) is 2.06. The van der Waals surface area contributed by atoms with Gasteiger partial charge in [0.2, 0.25) is 0 Å². The van der Waals surface area contributed by atoms with Crippen LogP contribution in [0.4, 0.5) is 10.1 Å². The molecule has 1 aromatic rings. The molecule has 0 aromatic heterocycles. The predicted octanol–water partition coefficient (Wildman–Crippen LogP) is 2.83. The summed E-state index contributed by atoms with van der Waals surface area (Å²) in [4.78, 5) is -0.109. The van der Waals surface area contributed by atoms with E-state index in [2.05, 4.69) is 16.6 Å². The second kappa shape index (κ2) is 5.27. The van der Waals surface area contributed by atoms with Crippen LogP contribution in [0.15, 0.2) is 27.5 Å². The SMILES string of the molecule is CCCCSC1=NS(=O)(=O)c2cc(F)ccc2N1. The van der Waals surface area contributed by atoms with Crippen molar-refractivity contribution in [1.82, 2.24) is 0 Å². The minimum absolute atomic E-state index is 0.109. The molecule has 0 saturated heterocycles. The van der Waals surface area contributed by atoms with E-state index < -0.39 is 15.8 Å². The van der Waals surface area contributed by atoms with Crippen molar-refractivity contribution in [3.05, 3.63) is 24.0 Å². The average molecular weight is 288 g/mol. The first-order valence-corrected chi connectivity index (χ1v) is 8.00. The molecule has 1 aromatic carbocycles. The lowest BCUT2D eigenvalue weighted by molar-refractivity contribution is 0.592. The molecule has 0 fully saturated rings. The molecule has 1 aliphatic rings. The number of halogens is 1. The number of hydrogen-bond donors (Lipinski definition) is 1. The third kappa shape index (κ3) is 2.84. The molecule has 0 aliphatic carbocycles. The number of sulfonamides is 1. The molecule has 4 nitrogen and oxygen atoms in total. The summed E-state index contributed by atoms with van der Waals surface area (Å²) in [7, 11) is -3.79. The van der Waals surface area contributed by atoms with Crippen molar-refractivity contribution in [1.29, 1.82) is 0 Å². The van der Waals surface area contributed by atoms with Gasteiger partial charge in [-0.05, 0) is 24.6 Å². The lowest BCUT2D eigenvalue weighted by atomic mass is 10.3. The first-order chi connectivity index (χ1) is 8.53. The molecule has 1 heterocycles. The summed E-state index contributed by atoms with van der Waals surface area (Å²) in [5, 5.41) is 3.26. The number of fused-ring (bicyclic) bond motifs is 1. The van der Waals surface area contributed by atoms with E-state index in [1.807, 2.05) is 0 Å². The highest BCUT2D eigenvalue weighted by Crippen LogP contribution is 2.30. The fourth-order valence-corrected chi connectivity index (χ4v) is 3.82. The Kier molecular flexibility index (Phi) is 3.91. The summed E-state index contributed by atoms with van der Waals surface area (Å²) in [5.74, 6) is 0.213. The number of amidine groups is 1. The first-order valence-electron chi connectivity index (χ1n) is 5.57. The normalized spacial score (nSPS) is 16.7. The Labute approximate surface area is 110 Å². The van der Waals surface area contributed by atoms with Crippen LogP contribution in [-0.2, 0) is 10.0 Å². The maximum atomic E-state index is 13.0. The Morgan fingerprint density at radius 3 is 2.94 bits per heavy atom. The topological polar surface area (TPSA) is 58.5 Å². The molecule has 7 heteroatoms. The molecule has 0 spiro atoms. The van der Waals surface area contributed by atoms with Crippen LogP contribution in [0.25, 0.3) is 0 Å². The van der Waals surface area contributed by atoms with E-state index in [1.165, 1.54) is 23.9 Å². The fourth-order valence-electron chi connectivity index (χ4n) is 1.48. The second-order valence-corrected chi connectivity index (χ2v) is 6.50. The number of nitrogens with one attached hydrogen (secondary N) is 1. The van der Waals surface area contributed by atoms with E-state index in [4.69, 9.17) is 0 Å². The third-order valence-corrected chi connectivity index (χ3v) is 4.79. The molecule has 98 valence electrons. The minimum atomic E-state index is -3.79. The number of hydrogen-bond acceptors (Lipinski definition) is 4. The van der Waals surface area contributed by atoms with Gasteiger partial charge in [0.05, 0.1) is 5.69 Å². The lowest BCUT2D eigenvalue weighted by Crippen LogP contribution is -2.19. The van der Waals surface area contributed by atoms with Gasteiger partial charge in [-0.2, -0.15) is 8.42 Å². The Bertz CT molecular complexity index is 585.